The van der Waals surface area contributed by atoms with Crippen LogP contribution in [0.2, 0.25) is 0 Å². The van der Waals surface area contributed by atoms with Gasteiger partial charge in [0.25, 0.3) is 0 Å². The summed E-state index contributed by atoms with van der Waals surface area (Å²) >= 11 is 0. The Balaban J connectivity index is 4.56. The molecule has 0 amide bonds. The molecule has 0 aromatic carbocycles. The van der Waals surface area contributed by atoms with Crippen LogP contribution >= 0.6 is 0 Å². The van der Waals surface area contributed by atoms with E-state index < -0.39 is 0 Å². The predicted molar refractivity (Wildman–Crippen MR) is 100 cm³/mol. The van der Waals surface area contributed by atoms with Crippen LogP contribution < -0.4 is 11.5 Å². The molecule has 6 heteroatoms. The number of ketones is 1. The smallest absolute Gasteiger partial charge is 0.162 e. The maximum atomic E-state index is 11.7. The van der Waals surface area contributed by atoms with E-state index in [1.54, 1.807) is 13.0 Å². The molecule has 0 aliphatic heterocycles. The van der Waals surface area contributed by atoms with E-state index in [-0.39, 0.29) is 11.9 Å². The molecule has 0 rings (SSSR count). The quantitative estimate of drug-likeness (QED) is 0.145. The lowest BCUT2D eigenvalue weighted by atomic mass is 10.1. The summed E-state index contributed by atoms with van der Waals surface area (Å²) in [5.41, 5.74) is 11.7. The molecular weight excluding hydrogens is 320 g/mol. The zero-order valence-electron chi connectivity index (χ0n) is 15.7. The summed E-state index contributed by atoms with van der Waals surface area (Å²) in [6.07, 6.45) is 9.01. The molecule has 144 valence electrons. The van der Waals surface area contributed by atoms with Gasteiger partial charge in [0.2, 0.25) is 0 Å². The van der Waals surface area contributed by atoms with Gasteiger partial charge >= 0.3 is 0 Å². The fraction of sp³-hybridized carbons (Fsp3) is 0.684. The van der Waals surface area contributed by atoms with Gasteiger partial charge in [-0.25, -0.2) is 0 Å². The minimum Gasteiger partial charge on any atom is -0.500 e. The Morgan fingerprint density at radius 2 is 1.60 bits per heavy atom. The Labute approximate surface area is 151 Å². The molecular formula is C19H34N2O4. The van der Waals surface area contributed by atoms with Gasteiger partial charge in [-0.2, -0.15) is 0 Å². The van der Waals surface area contributed by atoms with E-state index in [0.717, 1.165) is 44.8 Å². The van der Waals surface area contributed by atoms with Crippen molar-refractivity contribution >= 4 is 12.1 Å². The number of hydrogen-bond acceptors (Lipinski definition) is 6. The first-order valence-corrected chi connectivity index (χ1v) is 9.08. The second-order valence-electron chi connectivity index (χ2n) is 5.97. The molecule has 0 radical (unpaired) electrons. The first-order chi connectivity index (χ1) is 12.1. The molecule has 0 aromatic heterocycles. The summed E-state index contributed by atoms with van der Waals surface area (Å²) in [7, 11) is 0. The number of rotatable bonds is 16. The third kappa shape index (κ3) is 12.5. The largest absolute Gasteiger partial charge is 0.500 e. The number of carbonyl (C=O) groups is 2. The second kappa shape index (κ2) is 16.0. The summed E-state index contributed by atoms with van der Waals surface area (Å²) in [5, 5.41) is 0. The van der Waals surface area contributed by atoms with Gasteiger partial charge in [0.15, 0.2) is 5.78 Å². The Morgan fingerprint density at radius 1 is 1.00 bits per heavy atom. The molecule has 25 heavy (non-hydrogen) atoms. The molecule has 0 aliphatic rings. The molecule has 0 aliphatic carbocycles. The fourth-order valence-electron chi connectivity index (χ4n) is 2.08. The molecule has 0 bridgehead atoms. The molecule has 6 nitrogen and oxygen atoms in total. The molecule has 4 N–H and O–H groups in total. The van der Waals surface area contributed by atoms with Crippen molar-refractivity contribution in [3.05, 3.63) is 23.5 Å². The van der Waals surface area contributed by atoms with Gasteiger partial charge in [-0.15, -0.1) is 0 Å². The topological polar surface area (TPSA) is 105 Å². The summed E-state index contributed by atoms with van der Waals surface area (Å²) in [6, 6.07) is 0. The average Bonchev–Trinajstić information content (AvgIpc) is 2.59. The third-order valence-corrected chi connectivity index (χ3v) is 3.73. The molecule has 0 saturated carbocycles. The standard InChI is InChI=1S/C19H34N2O4/c1-16(23)19(15-24-11-7-3-5-9-20)13-18(14-22)17(2)25-12-8-4-6-10-21/h13-15,17H,3-12,20-21H2,1-2H3/b18-13-,19-15-. The predicted octanol–water partition coefficient (Wildman–Crippen LogP) is 2.26. The summed E-state index contributed by atoms with van der Waals surface area (Å²) in [5.74, 6) is -0.156. The van der Waals surface area contributed by atoms with Crippen LogP contribution in [0.3, 0.4) is 0 Å². The van der Waals surface area contributed by atoms with Crippen LogP contribution in [0.1, 0.15) is 52.4 Å². The lowest BCUT2D eigenvalue weighted by molar-refractivity contribution is -0.113. The average molecular weight is 354 g/mol. The normalized spacial score (nSPS) is 13.6. The van der Waals surface area contributed by atoms with Crippen LogP contribution in [0, 0.1) is 0 Å². The molecule has 0 fully saturated rings. The minimum absolute atomic E-state index is 0.156. The zero-order valence-corrected chi connectivity index (χ0v) is 15.7. The van der Waals surface area contributed by atoms with Crippen molar-refractivity contribution in [1.29, 1.82) is 0 Å². The van der Waals surface area contributed by atoms with E-state index >= 15 is 0 Å². The van der Waals surface area contributed by atoms with Gasteiger partial charge in [-0.05, 0) is 71.5 Å². The number of allylic oxidation sites excluding steroid dienone is 2. The number of Topliss-reactive ketones (excluding diaryl/α,β-unsaturated/α-hetero) is 1. The number of hydrogen-bond donors (Lipinski definition) is 2. The summed E-state index contributed by atoms with van der Waals surface area (Å²) in [6.45, 7) is 5.67. The molecule has 0 spiro atoms. The lowest BCUT2D eigenvalue weighted by Crippen LogP contribution is -2.15. The highest BCUT2D eigenvalue weighted by atomic mass is 16.5. The second-order valence-corrected chi connectivity index (χ2v) is 5.97. The maximum Gasteiger partial charge on any atom is 0.162 e. The van der Waals surface area contributed by atoms with Gasteiger partial charge in [0, 0.05) is 12.2 Å². The Bertz CT molecular complexity index is 433. The van der Waals surface area contributed by atoms with E-state index in [1.165, 1.54) is 13.2 Å². The Morgan fingerprint density at radius 3 is 2.12 bits per heavy atom. The van der Waals surface area contributed by atoms with Gasteiger partial charge in [0.1, 0.15) is 6.29 Å². The van der Waals surface area contributed by atoms with E-state index in [9.17, 15) is 9.59 Å². The molecule has 0 heterocycles. The van der Waals surface area contributed by atoms with Crippen LogP contribution in [0.25, 0.3) is 0 Å². The van der Waals surface area contributed by atoms with Gasteiger partial charge < -0.3 is 20.9 Å². The van der Waals surface area contributed by atoms with Crippen molar-refractivity contribution < 1.29 is 19.1 Å². The van der Waals surface area contributed by atoms with Crippen LogP contribution in [0.4, 0.5) is 0 Å². The first kappa shape index (κ1) is 23.5. The van der Waals surface area contributed by atoms with Gasteiger partial charge in [-0.3, -0.25) is 9.59 Å². The molecule has 1 unspecified atom stereocenters. The SMILES string of the molecule is CC(=O)C(=C\OCCCCCN)/C=C(/C=O)C(C)OCCCCCN. The molecule has 1 atom stereocenters. The number of aldehydes is 1. The number of carbonyl (C=O) groups excluding carboxylic acids is 2. The van der Waals surface area contributed by atoms with Crippen LogP contribution in [-0.4, -0.2) is 44.5 Å². The monoisotopic (exact) mass is 354 g/mol. The Kier molecular flexibility index (Phi) is 15.0. The molecule has 0 saturated heterocycles. The van der Waals surface area contributed by atoms with Crippen molar-refractivity contribution in [2.24, 2.45) is 11.5 Å². The third-order valence-electron chi connectivity index (χ3n) is 3.73. The maximum absolute atomic E-state index is 11.7. The van der Waals surface area contributed by atoms with E-state index in [2.05, 4.69) is 0 Å². The van der Waals surface area contributed by atoms with Crippen molar-refractivity contribution in [3.63, 3.8) is 0 Å². The van der Waals surface area contributed by atoms with Crippen LogP contribution in [0.5, 0.6) is 0 Å². The van der Waals surface area contributed by atoms with E-state index in [1.807, 2.05) is 0 Å². The summed E-state index contributed by atoms with van der Waals surface area (Å²) < 4.78 is 11.1. The fourth-order valence-corrected chi connectivity index (χ4v) is 2.08. The zero-order chi connectivity index (χ0) is 18.9. The van der Waals surface area contributed by atoms with Crippen molar-refractivity contribution in [2.75, 3.05) is 26.3 Å². The number of nitrogens with two attached hydrogens (primary N) is 2. The van der Waals surface area contributed by atoms with Crippen LogP contribution in [-0.2, 0) is 19.1 Å². The molecule has 0 aromatic rings. The lowest BCUT2D eigenvalue weighted by Gasteiger charge is -2.13. The highest BCUT2D eigenvalue weighted by Gasteiger charge is 2.11. The van der Waals surface area contributed by atoms with Crippen molar-refractivity contribution in [1.82, 2.24) is 0 Å². The Hall–Kier alpha value is -1.50. The van der Waals surface area contributed by atoms with Gasteiger partial charge in [-0.1, -0.05) is 0 Å². The number of unbranched alkanes of at least 4 members (excludes halogenated alkanes) is 4. The highest BCUT2D eigenvalue weighted by molar-refractivity contribution is 5.97. The first-order valence-electron chi connectivity index (χ1n) is 9.08. The number of ether oxygens (including phenoxy) is 2. The van der Waals surface area contributed by atoms with Crippen LogP contribution in [0.15, 0.2) is 23.5 Å². The van der Waals surface area contributed by atoms with E-state index in [4.69, 9.17) is 20.9 Å². The van der Waals surface area contributed by atoms with Gasteiger partial charge in [0.05, 0.1) is 24.5 Å². The summed E-state index contributed by atoms with van der Waals surface area (Å²) in [4.78, 5) is 23.1. The minimum atomic E-state index is -0.373. The van der Waals surface area contributed by atoms with Crippen molar-refractivity contribution in [3.8, 4) is 0 Å². The highest BCUT2D eigenvalue weighted by Crippen LogP contribution is 2.11. The van der Waals surface area contributed by atoms with Crippen molar-refractivity contribution in [2.45, 2.75) is 58.5 Å². The van der Waals surface area contributed by atoms with E-state index in [0.29, 0.717) is 37.4 Å².